The van der Waals surface area contributed by atoms with E-state index in [9.17, 15) is 19.1 Å². The predicted octanol–water partition coefficient (Wildman–Crippen LogP) is 2.05. The summed E-state index contributed by atoms with van der Waals surface area (Å²) in [7, 11) is 0. The van der Waals surface area contributed by atoms with E-state index in [1.54, 1.807) is 10.6 Å². The number of nitrogens with one attached hydrogen (secondary N) is 1. The molecule has 2 N–H and O–H groups in total. The molecule has 138 valence electrons. The summed E-state index contributed by atoms with van der Waals surface area (Å²) in [6.07, 6.45) is 3.51. The number of carboxylic acid groups (broad SMARTS) is 1. The monoisotopic (exact) mass is 359 g/mol. The summed E-state index contributed by atoms with van der Waals surface area (Å²) >= 11 is 0. The average molecular weight is 359 g/mol. The number of aromatic carboxylic acids is 1. The molecule has 2 aliphatic rings. The SMILES string of the molecule is CCn1cc(C(=O)O)c(=O)c2cc(F)c(N3CCCC4CNCC43)cc21. The normalized spacial score (nSPS) is 22.6. The number of rotatable bonds is 3. The number of carboxylic acids is 1. The quantitative estimate of drug-likeness (QED) is 0.877. The summed E-state index contributed by atoms with van der Waals surface area (Å²) in [5.74, 6) is -1.24. The standard InChI is InChI=1S/C19H22FN3O3/c1-2-22-10-13(19(25)26)18(24)12-6-14(20)16(7-15(12)22)23-5-3-4-11-8-21-9-17(11)23/h6-7,10-11,17,21H,2-5,8-9H2,1H3,(H,25,26). The van der Waals surface area contributed by atoms with Crippen LogP contribution >= 0.6 is 0 Å². The van der Waals surface area contributed by atoms with Gasteiger partial charge in [0.25, 0.3) is 0 Å². The van der Waals surface area contributed by atoms with Crippen molar-refractivity contribution < 1.29 is 14.3 Å². The largest absolute Gasteiger partial charge is 0.477 e. The van der Waals surface area contributed by atoms with E-state index in [4.69, 9.17) is 0 Å². The second-order valence-electron chi connectivity index (χ2n) is 7.11. The second-order valence-corrected chi connectivity index (χ2v) is 7.11. The lowest BCUT2D eigenvalue weighted by Gasteiger charge is -2.39. The van der Waals surface area contributed by atoms with Gasteiger partial charge in [-0.1, -0.05) is 0 Å². The van der Waals surface area contributed by atoms with Crippen molar-refractivity contribution in [3.05, 3.63) is 39.9 Å². The molecule has 0 amide bonds. The number of hydrogen-bond donors (Lipinski definition) is 2. The Balaban J connectivity index is 1.90. The smallest absolute Gasteiger partial charge is 0.341 e. The Morgan fingerprint density at radius 1 is 1.38 bits per heavy atom. The van der Waals surface area contributed by atoms with Crippen molar-refractivity contribution in [2.45, 2.75) is 32.4 Å². The molecule has 1 aromatic heterocycles. The van der Waals surface area contributed by atoms with Gasteiger partial charge in [-0.2, -0.15) is 0 Å². The highest BCUT2D eigenvalue weighted by Gasteiger charge is 2.36. The molecule has 2 saturated heterocycles. The molecule has 4 rings (SSSR count). The molecular formula is C19H22FN3O3. The molecule has 0 saturated carbocycles. The molecule has 0 bridgehead atoms. The van der Waals surface area contributed by atoms with Crippen molar-refractivity contribution in [2.75, 3.05) is 24.5 Å². The predicted molar refractivity (Wildman–Crippen MR) is 97.5 cm³/mol. The van der Waals surface area contributed by atoms with Crippen LogP contribution < -0.4 is 15.6 Å². The Bertz CT molecular complexity index is 940. The van der Waals surface area contributed by atoms with Crippen molar-refractivity contribution >= 4 is 22.6 Å². The van der Waals surface area contributed by atoms with E-state index in [0.29, 0.717) is 23.7 Å². The molecule has 2 unspecified atom stereocenters. The van der Waals surface area contributed by atoms with Crippen molar-refractivity contribution in [3.8, 4) is 0 Å². The Morgan fingerprint density at radius 3 is 2.92 bits per heavy atom. The summed E-state index contributed by atoms with van der Waals surface area (Å²) in [6.45, 7) is 4.94. The molecule has 0 radical (unpaired) electrons. The third-order valence-electron chi connectivity index (χ3n) is 5.71. The first-order chi connectivity index (χ1) is 12.5. The number of pyridine rings is 1. The number of aryl methyl sites for hydroxylation is 1. The summed E-state index contributed by atoms with van der Waals surface area (Å²) in [6, 6.07) is 3.18. The molecule has 2 atom stereocenters. The van der Waals surface area contributed by atoms with Crippen LogP contribution in [0.15, 0.2) is 23.1 Å². The molecule has 6 nitrogen and oxygen atoms in total. The van der Waals surface area contributed by atoms with E-state index < -0.39 is 17.2 Å². The molecule has 0 spiro atoms. The first-order valence-electron chi connectivity index (χ1n) is 9.08. The molecule has 2 aliphatic heterocycles. The van der Waals surface area contributed by atoms with Crippen LogP contribution in [0.2, 0.25) is 0 Å². The van der Waals surface area contributed by atoms with Crippen LogP contribution in [0.3, 0.4) is 0 Å². The molecule has 26 heavy (non-hydrogen) atoms. The van der Waals surface area contributed by atoms with Gasteiger partial charge < -0.3 is 19.9 Å². The van der Waals surface area contributed by atoms with Crippen LogP contribution in [0.1, 0.15) is 30.1 Å². The number of carbonyl (C=O) groups is 1. The number of halogens is 1. The Labute approximate surface area is 150 Å². The van der Waals surface area contributed by atoms with Gasteiger partial charge in [-0.15, -0.1) is 0 Å². The fourth-order valence-electron chi connectivity index (χ4n) is 4.40. The number of benzene rings is 1. The van der Waals surface area contributed by atoms with Crippen LogP contribution in [0, 0.1) is 11.7 Å². The number of anilines is 1. The van der Waals surface area contributed by atoms with E-state index >= 15 is 0 Å². The van der Waals surface area contributed by atoms with Crippen LogP contribution in [0.5, 0.6) is 0 Å². The average Bonchev–Trinajstić information content (AvgIpc) is 3.10. The van der Waals surface area contributed by atoms with Crippen LogP contribution in [0.4, 0.5) is 10.1 Å². The highest BCUT2D eigenvalue weighted by molar-refractivity contribution is 5.93. The lowest BCUT2D eigenvalue weighted by Crippen LogP contribution is -2.45. The third-order valence-corrected chi connectivity index (χ3v) is 5.71. The van der Waals surface area contributed by atoms with Gasteiger partial charge in [0.2, 0.25) is 5.43 Å². The lowest BCUT2D eigenvalue weighted by molar-refractivity contribution is 0.0695. The maximum Gasteiger partial charge on any atom is 0.341 e. The third kappa shape index (κ3) is 2.58. The topological polar surface area (TPSA) is 74.6 Å². The van der Waals surface area contributed by atoms with Crippen molar-refractivity contribution in [1.29, 1.82) is 0 Å². The molecule has 7 heteroatoms. The zero-order valence-corrected chi connectivity index (χ0v) is 14.7. The van der Waals surface area contributed by atoms with Gasteiger partial charge in [-0.25, -0.2) is 9.18 Å². The highest BCUT2D eigenvalue weighted by atomic mass is 19.1. The maximum absolute atomic E-state index is 15.0. The van der Waals surface area contributed by atoms with E-state index in [-0.39, 0.29) is 17.0 Å². The fraction of sp³-hybridized carbons (Fsp3) is 0.474. The molecule has 3 heterocycles. The first-order valence-corrected chi connectivity index (χ1v) is 9.08. The van der Waals surface area contributed by atoms with E-state index in [0.717, 1.165) is 32.5 Å². The van der Waals surface area contributed by atoms with Gasteiger partial charge in [0.05, 0.1) is 11.2 Å². The first kappa shape index (κ1) is 17.0. The van der Waals surface area contributed by atoms with E-state index in [2.05, 4.69) is 10.2 Å². The van der Waals surface area contributed by atoms with Gasteiger partial charge in [0.15, 0.2) is 0 Å². The zero-order valence-electron chi connectivity index (χ0n) is 14.7. The Morgan fingerprint density at radius 2 is 2.19 bits per heavy atom. The molecule has 0 aliphatic carbocycles. The van der Waals surface area contributed by atoms with Crippen molar-refractivity contribution in [3.63, 3.8) is 0 Å². The summed E-state index contributed by atoms with van der Waals surface area (Å²) < 4.78 is 16.7. The maximum atomic E-state index is 15.0. The number of fused-ring (bicyclic) bond motifs is 2. The minimum Gasteiger partial charge on any atom is -0.477 e. The zero-order chi connectivity index (χ0) is 18.4. The van der Waals surface area contributed by atoms with Gasteiger partial charge in [-0.3, -0.25) is 4.79 Å². The Kier molecular flexibility index (Phi) is 4.19. The molecule has 2 aromatic rings. The number of aromatic nitrogens is 1. The number of hydrogen-bond acceptors (Lipinski definition) is 4. The van der Waals surface area contributed by atoms with Crippen molar-refractivity contribution in [1.82, 2.24) is 9.88 Å². The van der Waals surface area contributed by atoms with Crippen LogP contribution in [-0.4, -0.2) is 41.3 Å². The van der Waals surface area contributed by atoms with Gasteiger partial charge >= 0.3 is 5.97 Å². The number of nitrogens with zero attached hydrogens (tertiary/aromatic N) is 2. The molecular weight excluding hydrogens is 337 g/mol. The van der Waals surface area contributed by atoms with E-state index in [1.165, 1.54) is 12.3 Å². The Hall–Kier alpha value is -2.41. The van der Waals surface area contributed by atoms with Crippen molar-refractivity contribution in [2.24, 2.45) is 5.92 Å². The van der Waals surface area contributed by atoms with Crippen LogP contribution in [-0.2, 0) is 6.54 Å². The van der Waals surface area contributed by atoms with Crippen LogP contribution in [0.25, 0.3) is 10.9 Å². The highest BCUT2D eigenvalue weighted by Crippen LogP contribution is 2.34. The molecule has 1 aromatic carbocycles. The number of piperidine rings is 1. The molecule has 2 fully saturated rings. The fourth-order valence-corrected chi connectivity index (χ4v) is 4.40. The lowest BCUT2D eigenvalue weighted by atomic mass is 9.91. The van der Waals surface area contributed by atoms with Gasteiger partial charge in [0.1, 0.15) is 11.4 Å². The van der Waals surface area contributed by atoms with Gasteiger partial charge in [-0.05, 0) is 37.8 Å². The van der Waals surface area contributed by atoms with E-state index in [1.807, 2.05) is 6.92 Å². The second kappa shape index (κ2) is 6.39. The summed E-state index contributed by atoms with van der Waals surface area (Å²) in [5, 5.41) is 12.8. The summed E-state index contributed by atoms with van der Waals surface area (Å²) in [4.78, 5) is 25.9. The minimum absolute atomic E-state index is 0.117. The minimum atomic E-state index is -1.29. The summed E-state index contributed by atoms with van der Waals surface area (Å²) in [5.41, 5.74) is 0.110. The van der Waals surface area contributed by atoms with Gasteiger partial charge in [0, 0.05) is 43.8 Å².